The molecule has 1 N–H and O–H groups in total. The molecule has 0 spiro atoms. The zero-order valence-electron chi connectivity index (χ0n) is 14.4. The Morgan fingerprint density at radius 3 is 1.58 bits per heavy atom. The van der Waals surface area contributed by atoms with Gasteiger partial charge in [-0.3, -0.25) is 0 Å². The molecule has 1 saturated heterocycles. The van der Waals surface area contributed by atoms with Gasteiger partial charge < -0.3 is 9.84 Å². The van der Waals surface area contributed by atoms with E-state index in [1.54, 1.807) is 0 Å². The minimum Gasteiger partial charge on any atom is -0.390 e. The quantitative estimate of drug-likeness (QED) is 0.771. The molecule has 1 unspecified atom stereocenters. The van der Waals surface area contributed by atoms with Gasteiger partial charge in [0.2, 0.25) is 0 Å². The summed E-state index contributed by atoms with van der Waals surface area (Å²) in [7, 11) is 0. The predicted octanol–water partition coefficient (Wildman–Crippen LogP) is 4.26. The van der Waals surface area contributed by atoms with Gasteiger partial charge in [0.05, 0.1) is 18.3 Å². The maximum atomic E-state index is 10.8. The summed E-state index contributed by atoms with van der Waals surface area (Å²) in [5.41, 5.74) is 0.302. The summed E-state index contributed by atoms with van der Waals surface area (Å²) >= 11 is 0. The summed E-state index contributed by atoms with van der Waals surface area (Å²) in [5.74, 6) is 0.194. The standard InChI is InChI=1S/C17H34O2/c1-15(2,3)10-11-13(18)12(16(4,5)6)14(19-11)17(7,8)9/h11-14,18H,10H2,1-9H3/t11-,12+,13?,14-/m1/s1. The van der Waals surface area contributed by atoms with E-state index in [0.717, 1.165) is 6.42 Å². The molecule has 0 saturated carbocycles. The van der Waals surface area contributed by atoms with E-state index in [4.69, 9.17) is 4.74 Å². The van der Waals surface area contributed by atoms with Gasteiger partial charge >= 0.3 is 0 Å². The average molecular weight is 270 g/mol. The van der Waals surface area contributed by atoms with Crippen LogP contribution in [0.5, 0.6) is 0 Å². The number of rotatable bonds is 1. The molecule has 0 aromatic heterocycles. The molecule has 2 nitrogen and oxygen atoms in total. The van der Waals surface area contributed by atoms with Crippen LogP contribution < -0.4 is 0 Å². The first-order valence-electron chi connectivity index (χ1n) is 7.57. The second-order valence-electron chi connectivity index (χ2n) is 9.61. The monoisotopic (exact) mass is 270 g/mol. The zero-order chi connectivity index (χ0) is 15.2. The Bertz CT molecular complexity index is 301. The van der Waals surface area contributed by atoms with Crippen LogP contribution in [-0.4, -0.2) is 23.4 Å². The summed E-state index contributed by atoms with van der Waals surface area (Å²) in [6.45, 7) is 19.9. The Hall–Kier alpha value is -0.0800. The molecule has 0 radical (unpaired) electrons. The number of ether oxygens (including phenoxy) is 1. The summed E-state index contributed by atoms with van der Waals surface area (Å²) in [5, 5.41) is 10.8. The molecule has 2 heteroatoms. The Balaban J connectivity index is 3.01. The van der Waals surface area contributed by atoms with Gasteiger partial charge in [0.25, 0.3) is 0 Å². The highest BCUT2D eigenvalue weighted by Gasteiger charge is 2.52. The van der Waals surface area contributed by atoms with Crippen LogP contribution in [0, 0.1) is 22.2 Å². The number of hydrogen-bond acceptors (Lipinski definition) is 2. The van der Waals surface area contributed by atoms with Crippen molar-refractivity contribution in [3.8, 4) is 0 Å². The zero-order valence-corrected chi connectivity index (χ0v) is 14.4. The summed E-state index contributed by atoms with van der Waals surface area (Å²) in [4.78, 5) is 0. The SMILES string of the molecule is CC(C)(C)C[C@H]1O[C@@H](C(C)(C)C)[C@@H](C(C)(C)C)C1O. The van der Waals surface area contributed by atoms with Gasteiger partial charge in [-0.15, -0.1) is 0 Å². The highest BCUT2D eigenvalue weighted by Crippen LogP contribution is 2.48. The van der Waals surface area contributed by atoms with Gasteiger partial charge in [-0.2, -0.15) is 0 Å². The van der Waals surface area contributed by atoms with E-state index in [1.807, 2.05) is 0 Å². The van der Waals surface area contributed by atoms with Crippen molar-refractivity contribution in [3.05, 3.63) is 0 Å². The maximum Gasteiger partial charge on any atom is 0.0860 e. The van der Waals surface area contributed by atoms with Crippen LogP contribution >= 0.6 is 0 Å². The predicted molar refractivity (Wildman–Crippen MR) is 81.1 cm³/mol. The van der Waals surface area contributed by atoms with E-state index in [-0.39, 0.29) is 40.5 Å². The lowest BCUT2D eigenvalue weighted by atomic mass is 9.68. The molecule has 1 rings (SSSR count). The smallest absolute Gasteiger partial charge is 0.0860 e. The van der Waals surface area contributed by atoms with E-state index in [0.29, 0.717) is 0 Å². The van der Waals surface area contributed by atoms with Crippen LogP contribution in [0.15, 0.2) is 0 Å². The van der Waals surface area contributed by atoms with Crippen LogP contribution in [0.25, 0.3) is 0 Å². The fourth-order valence-corrected chi connectivity index (χ4v) is 3.25. The normalized spacial score (nSPS) is 33.8. The molecule has 1 heterocycles. The van der Waals surface area contributed by atoms with Crippen LogP contribution in [0.4, 0.5) is 0 Å². The van der Waals surface area contributed by atoms with Crippen molar-refractivity contribution in [3.63, 3.8) is 0 Å². The fourth-order valence-electron chi connectivity index (χ4n) is 3.25. The van der Waals surface area contributed by atoms with Crippen LogP contribution in [0.1, 0.15) is 68.7 Å². The topological polar surface area (TPSA) is 29.5 Å². The molecule has 0 aromatic carbocycles. The molecular formula is C17H34O2. The lowest BCUT2D eigenvalue weighted by Crippen LogP contribution is -2.42. The molecule has 0 aliphatic carbocycles. The van der Waals surface area contributed by atoms with Crippen molar-refractivity contribution in [2.45, 2.75) is 87.0 Å². The second-order valence-corrected chi connectivity index (χ2v) is 9.61. The lowest BCUT2D eigenvalue weighted by molar-refractivity contribution is -0.0563. The number of aliphatic hydroxyl groups is 1. The Morgan fingerprint density at radius 2 is 1.32 bits per heavy atom. The highest BCUT2D eigenvalue weighted by molar-refractivity contribution is 5.00. The Morgan fingerprint density at radius 1 is 0.842 bits per heavy atom. The maximum absolute atomic E-state index is 10.8. The molecule has 0 bridgehead atoms. The van der Waals surface area contributed by atoms with Crippen molar-refractivity contribution in [2.24, 2.45) is 22.2 Å². The minimum absolute atomic E-state index is 0.0338. The van der Waals surface area contributed by atoms with Gasteiger partial charge in [0.1, 0.15) is 0 Å². The Kier molecular flexibility index (Phi) is 4.50. The van der Waals surface area contributed by atoms with E-state index >= 15 is 0 Å². The van der Waals surface area contributed by atoms with Gasteiger partial charge in [-0.1, -0.05) is 62.3 Å². The van der Waals surface area contributed by atoms with Gasteiger partial charge in [0.15, 0.2) is 0 Å². The first-order chi connectivity index (χ1) is 8.23. The largest absolute Gasteiger partial charge is 0.390 e. The van der Waals surface area contributed by atoms with Crippen molar-refractivity contribution < 1.29 is 9.84 Å². The van der Waals surface area contributed by atoms with Crippen LogP contribution in [0.2, 0.25) is 0 Å². The van der Waals surface area contributed by atoms with Crippen molar-refractivity contribution in [1.29, 1.82) is 0 Å². The van der Waals surface area contributed by atoms with E-state index in [9.17, 15) is 5.11 Å². The molecule has 19 heavy (non-hydrogen) atoms. The van der Waals surface area contributed by atoms with Crippen molar-refractivity contribution in [1.82, 2.24) is 0 Å². The highest BCUT2D eigenvalue weighted by atomic mass is 16.5. The van der Waals surface area contributed by atoms with Crippen LogP contribution in [0.3, 0.4) is 0 Å². The molecule has 0 amide bonds. The van der Waals surface area contributed by atoms with Crippen molar-refractivity contribution in [2.75, 3.05) is 0 Å². The third-order valence-corrected chi connectivity index (χ3v) is 4.06. The first kappa shape index (κ1) is 17.0. The van der Waals surface area contributed by atoms with E-state index in [1.165, 1.54) is 0 Å². The molecule has 1 aliphatic heterocycles. The molecule has 4 atom stereocenters. The third-order valence-electron chi connectivity index (χ3n) is 4.06. The molecule has 1 aliphatic rings. The Labute approximate surface area is 119 Å². The molecular weight excluding hydrogens is 236 g/mol. The van der Waals surface area contributed by atoms with Gasteiger partial charge in [-0.05, 0) is 22.7 Å². The van der Waals surface area contributed by atoms with Gasteiger partial charge in [-0.25, -0.2) is 0 Å². The summed E-state index contributed by atoms with van der Waals surface area (Å²) in [6, 6.07) is 0. The molecule has 1 fully saturated rings. The van der Waals surface area contributed by atoms with Gasteiger partial charge in [0, 0.05) is 5.92 Å². The molecule has 0 aromatic rings. The van der Waals surface area contributed by atoms with E-state index in [2.05, 4.69) is 62.3 Å². The first-order valence-corrected chi connectivity index (χ1v) is 7.57. The third kappa shape index (κ3) is 4.19. The fraction of sp³-hybridized carbons (Fsp3) is 1.00. The summed E-state index contributed by atoms with van der Waals surface area (Å²) < 4.78 is 6.30. The van der Waals surface area contributed by atoms with Crippen molar-refractivity contribution >= 4 is 0 Å². The lowest BCUT2D eigenvalue weighted by Gasteiger charge is -2.39. The minimum atomic E-state index is -0.358. The summed E-state index contributed by atoms with van der Waals surface area (Å²) in [6.07, 6.45) is 0.639. The number of hydrogen-bond donors (Lipinski definition) is 1. The average Bonchev–Trinajstić information content (AvgIpc) is 2.39. The second kappa shape index (κ2) is 5.04. The van der Waals surface area contributed by atoms with E-state index < -0.39 is 0 Å². The van der Waals surface area contributed by atoms with Crippen LogP contribution in [-0.2, 0) is 4.74 Å². The number of aliphatic hydroxyl groups excluding tert-OH is 1. The molecule has 114 valence electrons.